The second-order valence-electron chi connectivity index (χ2n) is 6.94. The number of nitrogens with zero attached hydrogens (tertiary/aromatic N) is 1. The first-order chi connectivity index (χ1) is 13.1. The highest BCUT2D eigenvalue weighted by Crippen LogP contribution is 2.42. The molecule has 3 atom stereocenters. The van der Waals surface area contributed by atoms with Gasteiger partial charge in [0.05, 0.1) is 6.07 Å². The van der Waals surface area contributed by atoms with E-state index in [1.54, 1.807) is 6.26 Å². The first kappa shape index (κ1) is 19.3. The third kappa shape index (κ3) is 4.45. The molecule has 0 heterocycles. The van der Waals surface area contributed by atoms with Crippen molar-refractivity contribution in [3.63, 3.8) is 0 Å². The van der Waals surface area contributed by atoms with Gasteiger partial charge in [0.2, 0.25) is 5.91 Å². The number of nitriles is 1. The van der Waals surface area contributed by atoms with Crippen LogP contribution >= 0.6 is 0 Å². The van der Waals surface area contributed by atoms with Crippen LogP contribution in [-0.4, -0.2) is 22.9 Å². The Morgan fingerprint density at radius 3 is 2.56 bits per heavy atom. The van der Waals surface area contributed by atoms with Gasteiger partial charge in [0.1, 0.15) is 6.54 Å². The summed E-state index contributed by atoms with van der Waals surface area (Å²) in [6.07, 6.45) is 5.65. The average Bonchev–Trinajstić information content (AvgIpc) is 2.72. The minimum absolute atomic E-state index is 0.0206. The van der Waals surface area contributed by atoms with Crippen LogP contribution in [0.2, 0.25) is 0 Å². The first-order valence-electron chi connectivity index (χ1n) is 9.29. The average molecular weight is 381 g/mol. The largest absolute Gasteiger partial charge is 0.343 e. The Morgan fingerprint density at radius 1 is 1.15 bits per heavy atom. The van der Waals surface area contributed by atoms with E-state index >= 15 is 0 Å². The molecule has 1 N–H and O–H groups in total. The van der Waals surface area contributed by atoms with Gasteiger partial charge >= 0.3 is 0 Å². The lowest BCUT2D eigenvalue weighted by Gasteiger charge is -2.32. The van der Waals surface area contributed by atoms with E-state index in [9.17, 15) is 9.00 Å². The molecular weight excluding hydrogens is 356 g/mol. The van der Waals surface area contributed by atoms with Crippen molar-refractivity contribution in [1.82, 2.24) is 5.32 Å². The van der Waals surface area contributed by atoms with Gasteiger partial charge in [-0.2, -0.15) is 5.26 Å². The highest BCUT2D eigenvalue weighted by molar-refractivity contribution is 7.84. The van der Waals surface area contributed by atoms with Crippen LogP contribution in [-0.2, 0) is 15.6 Å². The van der Waals surface area contributed by atoms with Gasteiger partial charge in [-0.05, 0) is 47.6 Å². The number of benzene rings is 2. The molecule has 1 saturated carbocycles. The van der Waals surface area contributed by atoms with E-state index in [2.05, 4.69) is 17.4 Å². The second-order valence-corrected chi connectivity index (χ2v) is 8.32. The van der Waals surface area contributed by atoms with Crippen molar-refractivity contribution < 1.29 is 9.00 Å². The zero-order chi connectivity index (χ0) is 19.2. The van der Waals surface area contributed by atoms with E-state index in [0.717, 1.165) is 41.7 Å². The van der Waals surface area contributed by atoms with Gasteiger partial charge in [0.25, 0.3) is 0 Å². The number of hydrogen-bond acceptors (Lipinski definition) is 3. The molecule has 5 heteroatoms. The Labute approximate surface area is 163 Å². The van der Waals surface area contributed by atoms with Gasteiger partial charge in [-0.3, -0.25) is 9.00 Å². The summed E-state index contributed by atoms with van der Waals surface area (Å²) in [5, 5.41) is 11.5. The lowest BCUT2D eigenvalue weighted by atomic mass is 9.73. The molecule has 0 aromatic heterocycles. The molecule has 27 heavy (non-hydrogen) atoms. The Kier molecular flexibility index (Phi) is 6.41. The van der Waals surface area contributed by atoms with Gasteiger partial charge in [0, 0.05) is 27.9 Å². The number of carbonyl (C=O) groups excluding carboxylic acids is 1. The predicted octanol–water partition coefficient (Wildman–Crippen LogP) is 4.00. The molecule has 1 aliphatic carbocycles. The highest BCUT2D eigenvalue weighted by Gasteiger charge is 2.33. The summed E-state index contributed by atoms with van der Waals surface area (Å²) < 4.78 is 11.7. The fourth-order valence-electron chi connectivity index (χ4n) is 3.98. The van der Waals surface area contributed by atoms with Gasteiger partial charge in [-0.25, -0.2) is 0 Å². The fraction of sp³-hybridized carbons (Fsp3) is 0.364. The minimum Gasteiger partial charge on any atom is -0.343 e. The molecule has 0 bridgehead atoms. The van der Waals surface area contributed by atoms with Gasteiger partial charge < -0.3 is 5.32 Å². The van der Waals surface area contributed by atoms with Crippen LogP contribution in [0.4, 0.5) is 0 Å². The van der Waals surface area contributed by atoms with E-state index in [1.807, 2.05) is 42.5 Å². The first-order valence-corrected chi connectivity index (χ1v) is 10.8. The Morgan fingerprint density at radius 2 is 1.85 bits per heavy atom. The van der Waals surface area contributed by atoms with Crippen molar-refractivity contribution in [2.45, 2.75) is 36.5 Å². The van der Waals surface area contributed by atoms with Crippen LogP contribution in [0.1, 0.15) is 37.2 Å². The van der Waals surface area contributed by atoms with Crippen molar-refractivity contribution in [3.8, 4) is 17.2 Å². The van der Waals surface area contributed by atoms with E-state index in [-0.39, 0.29) is 24.3 Å². The minimum atomic E-state index is -0.998. The summed E-state index contributed by atoms with van der Waals surface area (Å²) in [6, 6.07) is 18.0. The molecule has 2 aromatic carbocycles. The predicted molar refractivity (Wildman–Crippen MR) is 108 cm³/mol. The number of nitrogens with one attached hydrogen (secondary N) is 1. The molecule has 0 spiro atoms. The maximum absolute atomic E-state index is 12.6. The molecule has 1 amide bonds. The topological polar surface area (TPSA) is 70.0 Å². The third-order valence-electron chi connectivity index (χ3n) is 5.30. The van der Waals surface area contributed by atoms with E-state index in [4.69, 9.17) is 5.26 Å². The van der Waals surface area contributed by atoms with Crippen LogP contribution in [0.25, 0.3) is 11.1 Å². The van der Waals surface area contributed by atoms with E-state index < -0.39 is 10.8 Å². The molecule has 2 aromatic rings. The van der Waals surface area contributed by atoms with Crippen LogP contribution in [0.5, 0.6) is 0 Å². The third-order valence-corrected chi connectivity index (χ3v) is 6.24. The number of amides is 1. The number of carbonyl (C=O) groups is 1. The van der Waals surface area contributed by atoms with Crippen LogP contribution in [0.15, 0.2) is 53.4 Å². The molecule has 0 radical (unpaired) electrons. The van der Waals surface area contributed by atoms with E-state index in [0.29, 0.717) is 0 Å². The smallest absolute Gasteiger partial charge is 0.224 e. The molecule has 140 valence electrons. The molecule has 0 aliphatic heterocycles. The normalized spacial score (nSPS) is 20.4. The van der Waals surface area contributed by atoms with Crippen molar-refractivity contribution in [1.29, 1.82) is 5.26 Å². The maximum atomic E-state index is 12.6. The Bertz CT molecular complexity index is 871. The molecular formula is C22H24N2O2S. The second kappa shape index (κ2) is 8.96. The zero-order valence-corrected chi connectivity index (χ0v) is 16.3. The van der Waals surface area contributed by atoms with Gasteiger partial charge in [0.15, 0.2) is 0 Å². The summed E-state index contributed by atoms with van der Waals surface area (Å²) in [5.74, 6) is 0.0251. The standard InChI is InChI=1S/C22H24N2O2S/c1-27(26)17-12-10-16(11-13-17)18-6-2-3-7-19(18)20-8-4-5-9-21(20)22(25)24-15-14-23/h2-3,6-7,10-13,20-21H,4-5,8-9,15H2,1H3,(H,24,25)/t20-,21+,27?/m0/s1. The van der Waals surface area contributed by atoms with Crippen LogP contribution < -0.4 is 5.32 Å². The molecule has 1 fully saturated rings. The van der Waals surface area contributed by atoms with Crippen molar-refractivity contribution in [2.75, 3.05) is 12.8 Å². The highest BCUT2D eigenvalue weighted by atomic mass is 32.2. The SMILES string of the molecule is CS(=O)c1ccc(-c2ccccc2[C@@H]2CCCC[C@H]2C(=O)NCC#N)cc1. The molecule has 1 unspecified atom stereocenters. The van der Waals surface area contributed by atoms with Gasteiger partial charge in [-0.1, -0.05) is 49.2 Å². The summed E-state index contributed by atoms with van der Waals surface area (Å²) in [4.78, 5) is 13.4. The van der Waals surface area contributed by atoms with E-state index in [1.165, 1.54) is 5.56 Å². The summed E-state index contributed by atoms with van der Waals surface area (Å²) in [7, 11) is -0.998. The van der Waals surface area contributed by atoms with Gasteiger partial charge in [-0.15, -0.1) is 0 Å². The Balaban J connectivity index is 1.95. The lowest BCUT2D eigenvalue weighted by Crippen LogP contribution is -2.36. The number of hydrogen-bond donors (Lipinski definition) is 1. The maximum Gasteiger partial charge on any atom is 0.224 e. The molecule has 1 aliphatic rings. The lowest BCUT2D eigenvalue weighted by molar-refractivity contribution is -0.126. The number of rotatable bonds is 5. The molecule has 4 nitrogen and oxygen atoms in total. The summed E-state index contributed by atoms with van der Waals surface area (Å²) in [5.41, 5.74) is 3.37. The van der Waals surface area contributed by atoms with Crippen molar-refractivity contribution >= 4 is 16.7 Å². The summed E-state index contributed by atoms with van der Waals surface area (Å²) >= 11 is 0. The fourth-order valence-corrected chi connectivity index (χ4v) is 4.50. The summed E-state index contributed by atoms with van der Waals surface area (Å²) in [6.45, 7) is 0.0549. The monoisotopic (exact) mass is 380 g/mol. The van der Waals surface area contributed by atoms with Crippen molar-refractivity contribution in [2.24, 2.45) is 5.92 Å². The molecule has 3 rings (SSSR count). The quantitative estimate of drug-likeness (QED) is 0.797. The Hall–Kier alpha value is -2.45. The zero-order valence-electron chi connectivity index (χ0n) is 15.5. The van der Waals surface area contributed by atoms with Crippen LogP contribution in [0.3, 0.4) is 0 Å². The van der Waals surface area contributed by atoms with Crippen LogP contribution in [0, 0.1) is 17.2 Å². The molecule has 0 saturated heterocycles. The van der Waals surface area contributed by atoms with Crippen molar-refractivity contribution in [3.05, 3.63) is 54.1 Å².